The second-order valence-corrected chi connectivity index (χ2v) is 8.91. The van der Waals surface area contributed by atoms with Gasteiger partial charge in [-0.15, -0.1) is 10.2 Å². The molecule has 1 aromatic heterocycles. The van der Waals surface area contributed by atoms with Crippen molar-refractivity contribution in [2.45, 2.75) is 64.5 Å². The monoisotopic (exact) mass is 434 g/mol. The molecule has 1 atom stereocenters. The molecule has 1 saturated carbocycles. The largest absolute Gasteiger partial charge is 0.419 e. The topological polar surface area (TPSA) is 94.1 Å². The van der Waals surface area contributed by atoms with Gasteiger partial charge in [0, 0.05) is 23.7 Å². The molecule has 0 bridgehead atoms. The van der Waals surface area contributed by atoms with Crippen LogP contribution in [0.5, 0.6) is 0 Å². The van der Waals surface area contributed by atoms with Gasteiger partial charge in [-0.1, -0.05) is 57.4 Å². The van der Waals surface area contributed by atoms with Crippen LogP contribution in [-0.2, 0) is 6.54 Å². The Morgan fingerprint density at radius 3 is 2.34 bits per heavy atom. The highest BCUT2D eigenvalue weighted by atomic mass is 16.6. The zero-order valence-corrected chi connectivity index (χ0v) is 18.7. The number of aromatic nitrogens is 2. The minimum Gasteiger partial charge on any atom is -0.419 e. The summed E-state index contributed by atoms with van der Waals surface area (Å²) in [6, 6.07) is 15.4. The highest BCUT2D eigenvalue weighted by Gasteiger charge is 2.19. The molecule has 1 aliphatic carbocycles. The van der Waals surface area contributed by atoms with Crippen LogP contribution in [0.1, 0.15) is 74.9 Å². The van der Waals surface area contributed by atoms with Gasteiger partial charge in [-0.05, 0) is 47.9 Å². The highest BCUT2D eigenvalue weighted by Crippen LogP contribution is 2.33. The van der Waals surface area contributed by atoms with Crippen molar-refractivity contribution in [2.24, 2.45) is 5.92 Å². The van der Waals surface area contributed by atoms with Crippen LogP contribution in [-0.4, -0.2) is 15.1 Å². The minimum absolute atomic E-state index is 0.0319. The number of hydrogen-bond acceptors (Lipinski definition) is 6. The molecule has 2 aromatic carbocycles. The summed E-state index contributed by atoms with van der Waals surface area (Å²) in [5.41, 5.74) is 3.41. The Bertz CT molecular complexity index is 1020. The Hall–Kier alpha value is -3.06. The summed E-state index contributed by atoms with van der Waals surface area (Å²) in [6.07, 6.45) is 6.66. The van der Waals surface area contributed by atoms with E-state index in [1.165, 1.54) is 55.4 Å². The lowest BCUT2D eigenvalue weighted by Gasteiger charge is -2.25. The Morgan fingerprint density at radius 1 is 1.03 bits per heavy atom. The van der Waals surface area contributed by atoms with Gasteiger partial charge in [0.2, 0.25) is 11.8 Å². The molecule has 4 rings (SSSR count). The van der Waals surface area contributed by atoms with Gasteiger partial charge in [-0.2, -0.15) is 0 Å². The van der Waals surface area contributed by atoms with Crippen LogP contribution in [0.3, 0.4) is 0 Å². The lowest BCUT2D eigenvalue weighted by molar-refractivity contribution is -0.384. The quantitative estimate of drug-likeness (QED) is 0.336. The van der Waals surface area contributed by atoms with Gasteiger partial charge in [-0.3, -0.25) is 10.1 Å². The van der Waals surface area contributed by atoms with E-state index in [-0.39, 0.29) is 11.7 Å². The Morgan fingerprint density at radius 2 is 1.72 bits per heavy atom. The van der Waals surface area contributed by atoms with Crippen molar-refractivity contribution >= 4 is 5.69 Å². The molecule has 0 amide bonds. The lowest BCUT2D eigenvalue weighted by atomic mass is 9.83. The van der Waals surface area contributed by atoms with Crippen molar-refractivity contribution in [2.75, 3.05) is 0 Å². The fraction of sp³-hybridized carbons (Fsp3) is 0.440. The number of hydrogen-bond donors (Lipinski definition) is 1. The SMILES string of the molecule is CC(C)[C@H](NCc1nnc(-c2ccc([N+](=O)[O-])cc2)o1)c1ccc(C2CCCCC2)cc1. The third-order valence-electron chi connectivity index (χ3n) is 6.30. The molecule has 1 fully saturated rings. The van der Waals surface area contributed by atoms with E-state index in [2.05, 4.69) is 53.6 Å². The fourth-order valence-corrected chi connectivity index (χ4v) is 4.51. The van der Waals surface area contributed by atoms with Gasteiger partial charge in [0.1, 0.15) is 0 Å². The van der Waals surface area contributed by atoms with Crippen LogP contribution in [0.2, 0.25) is 0 Å². The van der Waals surface area contributed by atoms with Crippen molar-refractivity contribution in [1.29, 1.82) is 0 Å². The van der Waals surface area contributed by atoms with Crippen molar-refractivity contribution < 1.29 is 9.34 Å². The van der Waals surface area contributed by atoms with Gasteiger partial charge in [0.15, 0.2) is 0 Å². The summed E-state index contributed by atoms with van der Waals surface area (Å²) in [4.78, 5) is 10.4. The second kappa shape index (κ2) is 10.0. The average Bonchev–Trinajstić information content (AvgIpc) is 3.29. The van der Waals surface area contributed by atoms with E-state index in [0.29, 0.717) is 35.7 Å². The van der Waals surface area contributed by atoms with Crippen LogP contribution in [0.15, 0.2) is 52.9 Å². The molecule has 1 N–H and O–H groups in total. The van der Waals surface area contributed by atoms with Gasteiger partial charge in [0.05, 0.1) is 11.5 Å². The summed E-state index contributed by atoms with van der Waals surface area (Å²) in [6.45, 7) is 4.85. The van der Waals surface area contributed by atoms with Crippen LogP contribution in [0.25, 0.3) is 11.5 Å². The van der Waals surface area contributed by atoms with Gasteiger partial charge < -0.3 is 9.73 Å². The maximum Gasteiger partial charge on any atom is 0.269 e. The predicted octanol–water partition coefficient (Wildman–Crippen LogP) is 6.18. The predicted molar refractivity (Wildman–Crippen MR) is 123 cm³/mol. The molecular weight excluding hydrogens is 404 g/mol. The molecule has 1 aliphatic rings. The summed E-state index contributed by atoms with van der Waals surface area (Å²) >= 11 is 0. The smallest absolute Gasteiger partial charge is 0.269 e. The minimum atomic E-state index is -0.430. The summed E-state index contributed by atoms with van der Waals surface area (Å²) in [5.74, 6) is 1.95. The molecule has 1 heterocycles. The van der Waals surface area contributed by atoms with Gasteiger partial charge >= 0.3 is 0 Å². The standard InChI is InChI=1S/C25H30N4O3/c1-17(2)24(20-10-8-19(9-11-20)18-6-4-3-5-7-18)26-16-23-27-28-25(32-23)21-12-14-22(15-13-21)29(30)31/h8-15,17-18,24,26H,3-7,16H2,1-2H3/t24-/m0/s1. The molecule has 32 heavy (non-hydrogen) atoms. The first kappa shape index (κ1) is 22.1. The molecule has 0 aliphatic heterocycles. The first-order valence-corrected chi connectivity index (χ1v) is 11.4. The van der Waals surface area contributed by atoms with Crippen molar-refractivity contribution in [3.05, 3.63) is 75.7 Å². The van der Waals surface area contributed by atoms with E-state index in [9.17, 15) is 10.1 Å². The molecule has 7 nitrogen and oxygen atoms in total. The summed E-state index contributed by atoms with van der Waals surface area (Å²) in [5, 5.41) is 22.6. The molecule has 0 unspecified atom stereocenters. The van der Waals surface area contributed by atoms with E-state index < -0.39 is 4.92 Å². The number of benzene rings is 2. The van der Waals surface area contributed by atoms with Crippen molar-refractivity contribution in [3.8, 4) is 11.5 Å². The average molecular weight is 435 g/mol. The number of rotatable bonds is 8. The van der Waals surface area contributed by atoms with E-state index in [0.717, 1.165) is 0 Å². The fourth-order valence-electron chi connectivity index (χ4n) is 4.51. The number of nitrogens with one attached hydrogen (secondary N) is 1. The van der Waals surface area contributed by atoms with Crippen LogP contribution in [0, 0.1) is 16.0 Å². The van der Waals surface area contributed by atoms with Gasteiger partial charge in [-0.25, -0.2) is 0 Å². The number of non-ortho nitro benzene ring substituents is 1. The Balaban J connectivity index is 1.40. The summed E-state index contributed by atoms with van der Waals surface area (Å²) in [7, 11) is 0. The molecule has 7 heteroatoms. The molecule has 3 aromatic rings. The summed E-state index contributed by atoms with van der Waals surface area (Å²) < 4.78 is 5.78. The third kappa shape index (κ3) is 5.22. The first-order chi connectivity index (χ1) is 15.5. The van der Waals surface area contributed by atoms with E-state index >= 15 is 0 Å². The maximum absolute atomic E-state index is 10.8. The number of nitro groups is 1. The first-order valence-electron chi connectivity index (χ1n) is 11.4. The molecule has 0 spiro atoms. The zero-order valence-electron chi connectivity index (χ0n) is 18.7. The van der Waals surface area contributed by atoms with Crippen molar-refractivity contribution in [1.82, 2.24) is 15.5 Å². The molecule has 0 radical (unpaired) electrons. The Labute approximate surface area is 188 Å². The van der Waals surface area contributed by atoms with Crippen LogP contribution >= 0.6 is 0 Å². The van der Waals surface area contributed by atoms with E-state index in [1.807, 2.05) is 0 Å². The van der Waals surface area contributed by atoms with Crippen molar-refractivity contribution in [3.63, 3.8) is 0 Å². The number of nitrogens with zero attached hydrogens (tertiary/aromatic N) is 3. The second-order valence-electron chi connectivity index (χ2n) is 8.91. The van der Waals surface area contributed by atoms with Crippen LogP contribution < -0.4 is 5.32 Å². The Kier molecular flexibility index (Phi) is 6.95. The third-order valence-corrected chi connectivity index (χ3v) is 6.30. The zero-order chi connectivity index (χ0) is 22.5. The normalized spacial score (nSPS) is 15.7. The molecule has 168 valence electrons. The highest BCUT2D eigenvalue weighted by molar-refractivity contribution is 5.55. The lowest BCUT2D eigenvalue weighted by Crippen LogP contribution is -2.25. The molecule has 0 saturated heterocycles. The maximum atomic E-state index is 10.8. The molecular formula is C25H30N4O3. The van der Waals surface area contributed by atoms with E-state index in [1.54, 1.807) is 12.1 Å². The van der Waals surface area contributed by atoms with E-state index in [4.69, 9.17) is 4.42 Å². The van der Waals surface area contributed by atoms with Crippen LogP contribution in [0.4, 0.5) is 5.69 Å². The number of nitro benzene ring substituents is 1. The van der Waals surface area contributed by atoms with Gasteiger partial charge in [0.25, 0.3) is 5.69 Å².